The molecule has 1 aromatic carbocycles. The number of rotatable bonds is 4. The van der Waals surface area contributed by atoms with Gasteiger partial charge < -0.3 is 15.0 Å². The highest BCUT2D eigenvalue weighted by atomic mass is 16.5. The van der Waals surface area contributed by atoms with Crippen LogP contribution >= 0.6 is 0 Å². The van der Waals surface area contributed by atoms with E-state index in [2.05, 4.69) is 10.3 Å². The molecule has 2 heterocycles. The first-order valence-corrected chi connectivity index (χ1v) is 7.41. The molecular formula is C17H19N3O2. The van der Waals surface area contributed by atoms with Crippen molar-refractivity contribution in [3.05, 3.63) is 48.7 Å². The van der Waals surface area contributed by atoms with Crippen LogP contribution in [0.1, 0.15) is 12.8 Å². The van der Waals surface area contributed by atoms with Crippen molar-refractivity contribution in [1.82, 2.24) is 4.98 Å². The summed E-state index contributed by atoms with van der Waals surface area (Å²) in [6.45, 7) is 0.659. The molecule has 114 valence electrons. The van der Waals surface area contributed by atoms with E-state index in [-0.39, 0.29) is 12.0 Å². The van der Waals surface area contributed by atoms with Crippen molar-refractivity contribution in [3.8, 4) is 0 Å². The third-order valence-corrected chi connectivity index (χ3v) is 3.75. The molecule has 1 N–H and O–H groups in total. The summed E-state index contributed by atoms with van der Waals surface area (Å²) in [5.74, 6) is 0.430. The Hall–Kier alpha value is -2.40. The summed E-state index contributed by atoms with van der Waals surface area (Å²) in [6, 6.07) is 13.8. The highest BCUT2D eigenvalue weighted by molar-refractivity contribution is 5.93. The number of amides is 1. The van der Waals surface area contributed by atoms with Crippen LogP contribution in [0, 0.1) is 0 Å². The number of nitrogens with one attached hydrogen (secondary N) is 1. The maximum Gasteiger partial charge on any atom is 0.254 e. The molecule has 1 amide bonds. The normalized spacial score (nSPS) is 17.2. The molecule has 1 aromatic heterocycles. The fourth-order valence-corrected chi connectivity index (χ4v) is 2.45. The third kappa shape index (κ3) is 3.26. The molecule has 3 rings (SSSR count). The van der Waals surface area contributed by atoms with E-state index >= 15 is 0 Å². The minimum absolute atomic E-state index is 0.117. The molecule has 2 aromatic rings. The molecule has 1 aliphatic heterocycles. The molecular weight excluding hydrogens is 278 g/mol. The number of nitrogens with zero attached hydrogens (tertiary/aromatic N) is 2. The molecule has 1 fully saturated rings. The summed E-state index contributed by atoms with van der Waals surface area (Å²) >= 11 is 0. The van der Waals surface area contributed by atoms with Crippen LogP contribution in [-0.2, 0) is 9.53 Å². The summed E-state index contributed by atoms with van der Waals surface area (Å²) in [5, 5.41) is 2.80. The molecule has 1 atom stereocenters. The van der Waals surface area contributed by atoms with E-state index in [1.54, 1.807) is 6.20 Å². The van der Waals surface area contributed by atoms with Gasteiger partial charge in [-0.25, -0.2) is 4.98 Å². The van der Waals surface area contributed by atoms with Crippen LogP contribution in [0.15, 0.2) is 48.7 Å². The number of carbonyl (C=O) groups excluding carboxylic acids is 1. The van der Waals surface area contributed by atoms with E-state index in [4.69, 9.17) is 4.74 Å². The lowest BCUT2D eigenvalue weighted by Crippen LogP contribution is -2.27. The molecule has 1 unspecified atom stereocenters. The molecule has 1 saturated heterocycles. The van der Waals surface area contributed by atoms with Crippen LogP contribution in [0.4, 0.5) is 17.2 Å². The Morgan fingerprint density at radius 3 is 2.68 bits per heavy atom. The summed E-state index contributed by atoms with van der Waals surface area (Å²) in [7, 11) is 1.98. The number of ether oxygens (including phenoxy) is 1. The van der Waals surface area contributed by atoms with Gasteiger partial charge in [0, 0.05) is 19.3 Å². The zero-order chi connectivity index (χ0) is 15.4. The summed E-state index contributed by atoms with van der Waals surface area (Å²) in [5.41, 5.74) is 2.04. The number of carbonyl (C=O) groups is 1. The average molecular weight is 297 g/mol. The van der Waals surface area contributed by atoms with Crippen molar-refractivity contribution in [2.75, 3.05) is 23.9 Å². The van der Waals surface area contributed by atoms with Crippen molar-refractivity contribution in [1.29, 1.82) is 0 Å². The maximum atomic E-state index is 12.0. The van der Waals surface area contributed by atoms with Gasteiger partial charge >= 0.3 is 0 Å². The molecule has 0 radical (unpaired) electrons. The van der Waals surface area contributed by atoms with Crippen LogP contribution in [0.3, 0.4) is 0 Å². The predicted molar refractivity (Wildman–Crippen MR) is 86.3 cm³/mol. The lowest BCUT2D eigenvalue weighted by molar-refractivity contribution is -0.124. The summed E-state index contributed by atoms with van der Waals surface area (Å²) in [4.78, 5) is 18.3. The fraction of sp³-hybridized carbons (Fsp3) is 0.294. The SMILES string of the molecule is CN(c1ccccc1)c1ccc(NC(=O)C2CCCO2)nc1. The van der Waals surface area contributed by atoms with Gasteiger partial charge in [-0.05, 0) is 37.1 Å². The Morgan fingerprint density at radius 2 is 2.05 bits per heavy atom. The van der Waals surface area contributed by atoms with E-state index in [1.807, 2.05) is 54.4 Å². The van der Waals surface area contributed by atoms with Crippen molar-refractivity contribution >= 4 is 23.1 Å². The van der Waals surface area contributed by atoms with Gasteiger partial charge in [0.05, 0.1) is 11.9 Å². The monoisotopic (exact) mass is 297 g/mol. The van der Waals surface area contributed by atoms with Crippen LogP contribution in [0.25, 0.3) is 0 Å². The smallest absolute Gasteiger partial charge is 0.254 e. The number of para-hydroxylation sites is 1. The van der Waals surface area contributed by atoms with E-state index in [0.717, 1.165) is 24.2 Å². The van der Waals surface area contributed by atoms with E-state index in [9.17, 15) is 4.79 Å². The van der Waals surface area contributed by atoms with E-state index in [1.165, 1.54) is 0 Å². The second-order valence-electron chi connectivity index (χ2n) is 5.29. The molecule has 5 nitrogen and oxygen atoms in total. The molecule has 0 saturated carbocycles. The van der Waals surface area contributed by atoms with Crippen LogP contribution in [0.2, 0.25) is 0 Å². The Labute approximate surface area is 129 Å². The van der Waals surface area contributed by atoms with Gasteiger partial charge in [0.1, 0.15) is 11.9 Å². The van der Waals surface area contributed by atoms with E-state index < -0.39 is 0 Å². The standard InChI is InChI=1S/C17H19N3O2/c1-20(13-6-3-2-4-7-13)14-9-10-16(18-12-14)19-17(21)15-8-5-11-22-15/h2-4,6-7,9-10,12,15H,5,8,11H2,1H3,(H,18,19,21). The maximum absolute atomic E-state index is 12.0. The van der Waals surface area contributed by atoms with Crippen molar-refractivity contribution in [3.63, 3.8) is 0 Å². The van der Waals surface area contributed by atoms with Gasteiger partial charge in [-0.1, -0.05) is 18.2 Å². The Kier molecular flexibility index (Phi) is 4.34. The Morgan fingerprint density at radius 1 is 1.23 bits per heavy atom. The quantitative estimate of drug-likeness (QED) is 0.942. The topological polar surface area (TPSA) is 54.5 Å². The first-order chi connectivity index (χ1) is 10.7. The average Bonchev–Trinajstić information content (AvgIpc) is 3.10. The van der Waals surface area contributed by atoms with Gasteiger partial charge in [0.15, 0.2) is 0 Å². The Balaban J connectivity index is 1.66. The second kappa shape index (κ2) is 6.58. The van der Waals surface area contributed by atoms with E-state index in [0.29, 0.717) is 12.4 Å². The van der Waals surface area contributed by atoms with Gasteiger partial charge in [-0.3, -0.25) is 4.79 Å². The van der Waals surface area contributed by atoms with Crippen molar-refractivity contribution in [2.24, 2.45) is 0 Å². The highest BCUT2D eigenvalue weighted by Crippen LogP contribution is 2.23. The fourth-order valence-electron chi connectivity index (χ4n) is 2.45. The second-order valence-corrected chi connectivity index (χ2v) is 5.29. The lowest BCUT2D eigenvalue weighted by atomic mass is 10.2. The van der Waals surface area contributed by atoms with Gasteiger partial charge in [0.2, 0.25) is 0 Å². The molecule has 0 bridgehead atoms. The summed E-state index contributed by atoms with van der Waals surface area (Å²) in [6.07, 6.45) is 3.12. The first-order valence-electron chi connectivity index (χ1n) is 7.41. The zero-order valence-electron chi connectivity index (χ0n) is 12.5. The highest BCUT2D eigenvalue weighted by Gasteiger charge is 2.23. The molecule has 1 aliphatic rings. The van der Waals surface area contributed by atoms with Gasteiger partial charge in [-0.2, -0.15) is 0 Å². The number of pyridine rings is 1. The minimum Gasteiger partial charge on any atom is -0.368 e. The van der Waals surface area contributed by atoms with Crippen LogP contribution in [-0.4, -0.2) is 30.6 Å². The number of aromatic nitrogens is 1. The lowest BCUT2D eigenvalue weighted by Gasteiger charge is -2.19. The first kappa shape index (κ1) is 14.5. The molecule has 0 spiro atoms. The third-order valence-electron chi connectivity index (χ3n) is 3.75. The van der Waals surface area contributed by atoms with Crippen LogP contribution < -0.4 is 10.2 Å². The number of anilines is 3. The summed E-state index contributed by atoms with van der Waals surface area (Å²) < 4.78 is 5.36. The van der Waals surface area contributed by atoms with Gasteiger partial charge in [0.25, 0.3) is 5.91 Å². The molecule has 0 aliphatic carbocycles. The predicted octanol–water partition coefficient (Wildman–Crippen LogP) is 2.97. The largest absolute Gasteiger partial charge is 0.368 e. The zero-order valence-corrected chi connectivity index (χ0v) is 12.5. The van der Waals surface area contributed by atoms with Crippen molar-refractivity contribution in [2.45, 2.75) is 18.9 Å². The minimum atomic E-state index is -0.339. The molecule has 22 heavy (non-hydrogen) atoms. The number of hydrogen-bond donors (Lipinski definition) is 1. The Bertz CT molecular complexity index is 622. The van der Waals surface area contributed by atoms with Crippen molar-refractivity contribution < 1.29 is 9.53 Å². The van der Waals surface area contributed by atoms with Gasteiger partial charge in [-0.15, -0.1) is 0 Å². The number of benzene rings is 1. The number of hydrogen-bond acceptors (Lipinski definition) is 4. The van der Waals surface area contributed by atoms with Crippen LogP contribution in [0.5, 0.6) is 0 Å². The molecule has 5 heteroatoms.